The molecule has 0 bridgehead atoms. The van der Waals surface area contributed by atoms with Gasteiger partial charge in [0.15, 0.2) is 0 Å². The number of imidazole rings is 1. The minimum Gasteiger partial charge on any atom is -0.373 e. The van der Waals surface area contributed by atoms with E-state index in [4.69, 9.17) is 0 Å². The largest absolute Gasteiger partial charge is 0.373 e. The van der Waals surface area contributed by atoms with Gasteiger partial charge in [-0.05, 0) is 70.1 Å². The van der Waals surface area contributed by atoms with Crippen molar-refractivity contribution in [3.8, 4) is 11.3 Å². The van der Waals surface area contributed by atoms with Crippen molar-refractivity contribution in [2.75, 3.05) is 6.54 Å². The predicted molar refractivity (Wildman–Crippen MR) is 143 cm³/mol. The van der Waals surface area contributed by atoms with Crippen molar-refractivity contribution >= 4 is 11.8 Å². The quantitative estimate of drug-likeness (QED) is 0.391. The van der Waals surface area contributed by atoms with Crippen molar-refractivity contribution in [2.45, 2.75) is 90.3 Å². The number of carbonyl (C=O) groups excluding carboxylic acids is 2. The van der Waals surface area contributed by atoms with Crippen molar-refractivity contribution < 1.29 is 14.0 Å². The van der Waals surface area contributed by atoms with Crippen LogP contribution in [0.15, 0.2) is 36.7 Å². The Morgan fingerprint density at radius 2 is 2.03 bits per heavy atom. The number of piperidine rings is 1. The standard InChI is InChI=1S/C29H40FN5O2/c1-18-8-12-23(24(30)15-18)26-17-31-28(34-26)21(4)32-29(37)25(33-27(36)13-11-22-9-10-22)16-20(3)35-14-6-5-7-19(35)2/h8,12,15,17,19,21-22,25H,3,5-7,9-11,13-14,16H2,1-2,4H3,(H,31,34)(H,32,37)(H,33,36)/t19-,21-,25-/m0/s1. The summed E-state index contributed by atoms with van der Waals surface area (Å²) in [6.07, 6.45) is 9.01. The molecule has 1 aromatic carbocycles. The number of hydrogen-bond acceptors (Lipinski definition) is 4. The van der Waals surface area contributed by atoms with Crippen molar-refractivity contribution in [1.29, 1.82) is 0 Å². The third kappa shape index (κ3) is 7.21. The number of aryl methyl sites for hydroxylation is 1. The van der Waals surface area contributed by atoms with Crippen molar-refractivity contribution in [2.24, 2.45) is 5.92 Å². The molecule has 8 heteroatoms. The van der Waals surface area contributed by atoms with Gasteiger partial charge in [0.25, 0.3) is 0 Å². The summed E-state index contributed by atoms with van der Waals surface area (Å²) < 4.78 is 14.4. The first-order chi connectivity index (χ1) is 17.7. The number of nitrogens with one attached hydrogen (secondary N) is 3. The number of likely N-dealkylation sites (tertiary alicyclic amines) is 1. The molecule has 3 N–H and O–H groups in total. The fourth-order valence-electron chi connectivity index (χ4n) is 5.05. The van der Waals surface area contributed by atoms with Crippen molar-refractivity contribution in [3.05, 3.63) is 53.9 Å². The molecule has 0 unspecified atom stereocenters. The first-order valence-electron chi connectivity index (χ1n) is 13.6. The summed E-state index contributed by atoms with van der Waals surface area (Å²) in [6.45, 7) is 11.0. The molecule has 7 nitrogen and oxygen atoms in total. The van der Waals surface area contributed by atoms with Gasteiger partial charge in [0.2, 0.25) is 11.8 Å². The van der Waals surface area contributed by atoms with Crippen LogP contribution in [0.25, 0.3) is 11.3 Å². The molecule has 1 saturated heterocycles. The van der Waals surface area contributed by atoms with Crippen LogP contribution in [-0.4, -0.2) is 45.3 Å². The number of carbonyl (C=O) groups is 2. The zero-order valence-electron chi connectivity index (χ0n) is 22.3. The van der Waals surface area contributed by atoms with E-state index >= 15 is 0 Å². The van der Waals surface area contributed by atoms with Gasteiger partial charge < -0.3 is 20.5 Å². The molecule has 200 valence electrons. The Hall–Kier alpha value is -3.16. The Morgan fingerprint density at radius 1 is 1.24 bits per heavy atom. The minimum absolute atomic E-state index is 0.102. The van der Waals surface area contributed by atoms with Crippen LogP contribution in [0.3, 0.4) is 0 Å². The van der Waals surface area contributed by atoms with Gasteiger partial charge in [-0.25, -0.2) is 9.37 Å². The topological polar surface area (TPSA) is 90.1 Å². The third-order valence-electron chi connectivity index (χ3n) is 7.56. The third-order valence-corrected chi connectivity index (χ3v) is 7.56. The van der Waals surface area contributed by atoms with Gasteiger partial charge in [-0.2, -0.15) is 0 Å². The zero-order chi connectivity index (χ0) is 26.5. The lowest BCUT2D eigenvalue weighted by Gasteiger charge is -2.37. The van der Waals surface area contributed by atoms with Crippen LogP contribution < -0.4 is 10.6 Å². The number of hydrogen-bond donors (Lipinski definition) is 3. The first-order valence-corrected chi connectivity index (χ1v) is 13.6. The highest BCUT2D eigenvalue weighted by Crippen LogP contribution is 2.33. The van der Waals surface area contributed by atoms with Crippen LogP contribution in [0.2, 0.25) is 0 Å². The molecule has 3 atom stereocenters. The van der Waals surface area contributed by atoms with Crippen LogP contribution in [0.1, 0.15) is 82.6 Å². The van der Waals surface area contributed by atoms with E-state index in [1.54, 1.807) is 12.3 Å². The van der Waals surface area contributed by atoms with Crippen LogP contribution in [0, 0.1) is 18.7 Å². The molecule has 0 spiro atoms. The summed E-state index contributed by atoms with van der Waals surface area (Å²) >= 11 is 0. The summed E-state index contributed by atoms with van der Waals surface area (Å²) in [7, 11) is 0. The lowest BCUT2D eigenvalue weighted by atomic mass is 10.0. The van der Waals surface area contributed by atoms with Gasteiger partial charge in [0, 0.05) is 36.7 Å². The van der Waals surface area contributed by atoms with Gasteiger partial charge in [-0.15, -0.1) is 0 Å². The summed E-state index contributed by atoms with van der Waals surface area (Å²) in [5.74, 6) is 0.456. The number of halogens is 1. The normalized spacial score (nSPS) is 19.2. The van der Waals surface area contributed by atoms with Crippen molar-refractivity contribution in [3.63, 3.8) is 0 Å². The average Bonchev–Trinajstić information content (AvgIpc) is 3.56. The molecule has 1 saturated carbocycles. The van der Waals surface area contributed by atoms with Crippen LogP contribution >= 0.6 is 0 Å². The molecular weight excluding hydrogens is 469 g/mol. The van der Waals surface area contributed by atoms with Gasteiger partial charge in [0.05, 0.1) is 17.9 Å². The number of H-pyrrole nitrogens is 1. The molecule has 1 aliphatic heterocycles. The van der Waals surface area contributed by atoms with E-state index in [9.17, 15) is 14.0 Å². The van der Waals surface area contributed by atoms with Crippen LogP contribution in [0.4, 0.5) is 4.39 Å². The van der Waals surface area contributed by atoms with E-state index in [0.717, 1.165) is 37.1 Å². The SMILES string of the molecule is C=C(C[C@H](NC(=O)CCC1CC1)C(=O)N[C@@H](C)c1ncc(-c2ccc(C)cc2F)[nH]1)N1CCCC[C@@H]1C. The molecule has 2 amide bonds. The molecule has 2 aromatic rings. The van der Waals surface area contributed by atoms with E-state index in [1.165, 1.54) is 25.3 Å². The molecule has 4 rings (SSSR count). The fraction of sp³-hybridized carbons (Fsp3) is 0.552. The number of aromatic nitrogens is 2. The van der Waals surface area contributed by atoms with Crippen molar-refractivity contribution in [1.82, 2.24) is 25.5 Å². The Morgan fingerprint density at radius 3 is 2.73 bits per heavy atom. The molecule has 2 heterocycles. The van der Waals surface area contributed by atoms with E-state index < -0.39 is 12.1 Å². The summed E-state index contributed by atoms with van der Waals surface area (Å²) in [4.78, 5) is 35.9. The van der Waals surface area contributed by atoms with E-state index in [1.807, 2.05) is 19.9 Å². The maximum absolute atomic E-state index is 14.4. The fourth-order valence-corrected chi connectivity index (χ4v) is 5.05. The highest BCUT2D eigenvalue weighted by atomic mass is 19.1. The Balaban J connectivity index is 1.42. The number of rotatable bonds is 11. The lowest BCUT2D eigenvalue weighted by Crippen LogP contribution is -2.49. The summed E-state index contributed by atoms with van der Waals surface area (Å²) in [5.41, 5.74) is 2.69. The number of aromatic amines is 1. The van der Waals surface area contributed by atoms with Gasteiger partial charge in [0.1, 0.15) is 17.7 Å². The lowest BCUT2D eigenvalue weighted by molar-refractivity contribution is -0.129. The van der Waals surface area contributed by atoms with Gasteiger partial charge in [-0.1, -0.05) is 25.5 Å². The van der Waals surface area contributed by atoms with E-state index in [2.05, 4.69) is 39.0 Å². The molecular formula is C29H40FN5O2. The van der Waals surface area contributed by atoms with Gasteiger partial charge >= 0.3 is 0 Å². The number of nitrogens with zero attached hydrogens (tertiary/aromatic N) is 2. The molecule has 2 fully saturated rings. The summed E-state index contributed by atoms with van der Waals surface area (Å²) in [6, 6.07) is 4.23. The highest BCUT2D eigenvalue weighted by Gasteiger charge is 2.29. The maximum atomic E-state index is 14.4. The first kappa shape index (κ1) is 26.9. The number of benzene rings is 1. The Bertz CT molecular complexity index is 1130. The van der Waals surface area contributed by atoms with E-state index in [-0.39, 0.29) is 17.6 Å². The molecule has 1 aliphatic carbocycles. The maximum Gasteiger partial charge on any atom is 0.243 e. The van der Waals surface area contributed by atoms with Crippen LogP contribution in [0.5, 0.6) is 0 Å². The second-order valence-electron chi connectivity index (χ2n) is 10.8. The van der Waals surface area contributed by atoms with Crippen LogP contribution in [-0.2, 0) is 9.59 Å². The highest BCUT2D eigenvalue weighted by molar-refractivity contribution is 5.88. The monoisotopic (exact) mass is 509 g/mol. The molecule has 0 radical (unpaired) electrons. The Labute approximate surface area is 219 Å². The minimum atomic E-state index is -0.722. The zero-order valence-corrected chi connectivity index (χ0v) is 22.3. The second-order valence-corrected chi connectivity index (χ2v) is 10.8. The smallest absolute Gasteiger partial charge is 0.243 e. The second kappa shape index (κ2) is 11.9. The average molecular weight is 510 g/mol. The molecule has 2 aliphatic rings. The van der Waals surface area contributed by atoms with Gasteiger partial charge in [-0.3, -0.25) is 9.59 Å². The summed E-state index contributed by atoms with van der Waals surface area (Å²) in [5, 5.41) is 5.95. The van der Waals surface area contributed by atoms with E-state index in [0.29, 0.717) is 41.9 Å². The molecule has 1 aromatic heterocycles. The number of amides is 2. The molecule has 37 heavy (non-hydrogen) atoms. The predicted octanol–water partition coefficient (Wildman–Crippen LogP) is 5.15. The Kier molecular flexibility index (Phi) is 8.67.